The van der Waals surface area contributed by atoms with Crippen LogP contribution in [0.25, 0.3) is 0 Å². The fourth-order valence-electron chi connectivity index (χ4n) is 2.47. The normalized spacial score (nSPS) is 10.7. The first kappa shape index (κ1) is 14.5. The SMILES string of the molecule is Cc1cc(C)c(OCc2cc(F)ccc2CN)c(C)c1. The van der Waals surface area contributed by atoms with Crippen LogP contribution in [0.15, 0.2) is 30.3 Å². The van der Waals surface area contributed by atoms with Crippen LogP contribution in [0.3, 0.4) is 0 Å². The molecule has 0 aliphatic carbocycles. The maximum atomic E-state index is 13.3. The lowest BCUT2D eigenvalue weighted by Crippen LogP contribution is -2.06. The Morgan fingerprint density at radius 2 is 1.65 bits per heavy atom. The Kier molecular flexibility index (Phi) is 4.40. The standard InChI is InChI=1S/C17H20FNO/c1-11-6-12(2)17(13(3)7-11)20-10-15-8-16(18)5-4-14(15)9-19/h4-8H,9-10,19H2,1-3H3. The number of ether oxygens (including phenoxy) is 1. The van der Waals surface area contributed by atoms with Crippen molar-refractivity contribution in [2.45, 2.75) is 33.9 Å². The first-order chi connectivity index (χ1) is 9.51. The average Bonchev–Trinajstić information content (AvgIpc) is 2.37. The number of hydrogen-bond acceptors (Lipinski definition) is 2. The van der Waals surface area contributed by atoms with Crippen LogP contribution in [-0.4, -0.2) is 0 Å². The van der Waals surface area contributed by atoms with E-state index in [0.29, 0.717) is 13.2 Å². The number of aryl methyl sites for hydroxylation is 3. The molecule has 0 amide bonds. The zero-order chi connectivity index (χ0) is 14.7. The summed E-state index contributed by atoms with van der Waals surface area (Å²) in [6.45, 7) is 6.80. The van der Waals surface area contributed by atoms with Crippen molar-refractivity contribution >= 4 is 0 Å². The van der Waals surface area contributed by atoms with Gasteiger partial charge in [0.2, 0.25) is 0 Å². The van der Waals surface area contributed by atoms with Crippen molar-refractivity contribution in [3.05, 3.63) is 64.0 Å². The van der Waals surface area contributed by atoms with Crippen LogP contribution in [0.5, 0.6) is 5.75 Å². The second-order valence-electron chi connectivity index (χ2n) is 5.13. The summed E-state index contributed by atoms with van der Waals surface area (Å²) in [4.78, 5) is 0. The molecule has 2 N–H and O–H groups in total. The molecule has 0 atom stereocenters. The molecule has 0 aliphatic rings. The van der Waals surface area contributed by atoms with Gasteiger partial charge >= 0.3 is 0 Å². The fourth-order valence-corrected chi connectivity index (χ4v) is 2.47. The molecule has 20 heavy (non-hydrogen) atoms. The summed E-state index contributed by atoms with van der Waals surface area (Å²) >= 11 is 0. The van der Waals surface area contributed by atoms with Crippen molar-refractivity contribution in [2.24, 2.45) is 5.73 Å². The zero-order valence-corrected chi connectivity index (χ0v) is 12.2. The molecule has 0 saturated carbocycles. The molecule has 0 aliphatic heterocycles. The Bertz CT molecular complexity index is 599. The monoisotopic (exact) mass is 273 g/mol. The lowest BCUT2D eigenvalue weighted by Gasteiger charge is -2.15. The lowest BCUT2D eigenvalue weighted by molar-refractivity contribution is 0.300. The van der Waals surface area contributed by atoms with Gasteiger partial charge in [-0.05, 0) is 55.2 Å². The summed E-state index contributed by atoms with van der Waals surface area (Å²) in [6.07, 6.45) is 0. The second kappa shape index (κ2) is 6.06. The van der Waals surface area contributed by atoms with E-state index < -0.39 is 0 Å². The third kappa shape index (κ3) is 3.17. The molecule has 0 aromatic heterocycles. The summed E-state index contributed by atoms with van der Waals surface area (Å²) in [5, 5.41) is 0. The van der Waals surface area contributed by atoms with E-state index in [1.165, 1.54) is 17.7 Å². The Morgan fingerprint density at radius 3 is 2.25 bits per heavy atom. The van der Waals surface area contributed by atoms with Crippen LogP contribution in [0.1, 0.15) is 27.8 Å². The van der Waals surface area contributed by atoms with E-state index in [-0.39, 0.29) is 5.82 Å². The molecule has 2 aromatic carbocycles. The molecule has 0 spiro atoms. The van der Waals surface area contributed by atoms with Crippen LogP contribution in [0.2, 0.25) is 0 Å². The number of rotatable bonds is 4. The molecular weight excluding hydrogens is 253 g/mol. The number of benzene rings is 2. The molecule has 2 nitrogen and oxygen atoms in total. The number of hydrogen-bond donors (Lipinski definition) is 1. The maximum absolute atomic E-state index is 13.3. The minimum atomic E-state index is -0.266. The van der Waals surface area contributed by atoms with Crippen LogP contribution in [-0.2, 0) is 13.2 Å². The van der Waals surface area contributed by atoms with Gasteiger partial charge in [-0.15, -0.1) is 0 Å². The summed E-state index contributed by atoms with van der Waals surface area (Å²) in [6, 6.07) is 8.79. The Hall–Kier alpha value is -1.87. The van der Waals surface area contributed by atoms with Gasteiger partial charge in [0.25, 0.3) is 0 Å². The van der Waals surface area contributed by atoms with Gasteiger partial charge in [0.15, 0.2) is 0 Å². The molecule has 2 aromatic rings. The van der Waals surface area contributed by atoms with E-state index in [0.717, 1.165) is 28.0 Å². The van der Waals surface area contributed by atoms with Gasteiger partial charge in [-0.3, -0.25) is 0 Å². The highest BCUT2D eigenvalue weighted by molar-refractivity contribution is 5.43. The first-order valence-electron chi connectivity index (χ1n) is 6.69. The smallest absolute Gasteiger partial charge is 0.125 e. The molecule has 0 saturated heterocycles. The summed E-state index contributed by atoms with van der Waals surface area (Å²) in [7, 11) is 0. The van der Waals surface area contributed by atoms with Gasteiger partial charge in [0.1, 0.15) is 18.2 Å². The van der Waals surface area contributed by atoms with Crippen molar-refractivity contribution < 1.29 is 9.13 Å². The molecule has 2 rings (SSSR count). The Balaban J connectivity index is 2.23. The zero-order valence-electron chi connectivity index (χ0n) is 12.2. The van der Waals surface area contributed by atoms with Crippen molar-refractivity contribution in [1.29, 1.82) is 0 Å². The van der Waals surface area contributed by atoms with E-state index in [1.807, 2.05) is 13.8 Å². The average molecular weight is 273 g/mol. The second-order valence-corrected chi connectivity index (χ2v) is 5.13. The molecule has 0 radical (unpaired) electrons. The highest BCUT2D eigenvalue weighted by Crippen LogP contribution is 2.26. The van der Waals surface area contributed by atoms with E-state index >= 15 is 0 Å². The van der Waals surface area contributed by atoms with E-state index in [1.54, 1.807) is 6.07 Å². The predicted octanol–water partition coefficient (Wildman–Crippen LogP) is 3.79. The Labute approximate surface area is 119 Å². The summed E-state index contributed by atoms with van der Waals surface area (Å²) in [5.41, 5.74) is 10.8. The maximum Gasteiger partial charge on any atom is 0.125 e. The molecule has 0 fully saturated rings. The largest absolute Gasteiger partial charge is 0.488 e. The van der Waals surface area contributed by atoms with Gasteiger partial charge < -0.3 is 10.5 Å². The van der Waals surface area contributed by atoms with E-state index in [4.69, 9.17) is 10.5 Å². The van der Waals surface area contributed by atoms with Crippen molar-refractivity contribution in [1.82, 2.24) is 0 Å². The molecular formula is C17H20FNO. The van der Waals surface area contributed by atoms with Crippen LogP contribution >= 0.6 is 0 Å². The third-order valence-electron chi connectivity index (χ3n) is 3.36. The van der Waals surface area contributed by atoms with Gasteiger partial charge in [-0.1, -0.05) is 23.8 Å². The van der Waals surface area contributed by atoms with Crippen molar-refractivity contribution in [2.75, 3.05) is 0 Å². The highest BCUT2D eigenvalue weighted by atomic mass is 19.1. The van der Waals surface area contributed by atoms with Crippen LogP contribution in [0.4, 0.5) is 4.39 Å². The molecule has 0 unspecified atom stereocenters. The van der Waals surface area contributed by atoms with Gasteiger partial charge in [0.05, 0.1) is 0 Å². The minimum Gasteiger partial charge on any atom is -0.488 e. The fraction of sp³-hybridized carbons (Fsp3) is 0.294. The number of nitrogens with two attached hydrogens (primary N) is 1. The minimum absolute atomic E-state index is 0.266. The molecule has 106 valence electrons. The van der Waals surface area contributed by atoms with Gasteiger partial charge in [0, 0.05) is 6.54 Å². The quantitative estimate of drug-likeness (QED) is 0.920. The van der Waals surface area contributed by atoms with E-state index in [2.05, 4.69) is 19.1 Å². The predicted molar refractivity (Wildman–Crippen MR) is 79.3 cm³/mol. The first-order valence-corrected chi connectivity index (χ1v) is 6.69. The molecule has 3 heteroatoms. The summed E-state index contributed by atoms with van der Waals surface area (Å²) in [5.74, 6) is 0.598. The topological polar surface area (TPSA) is 35.2 Å². The van der Waals surface area contributed by atoms with Crippen LogP contribution < -0.4 is 10.5 Å². The third-order valence-corrected chi connectivity index (χ3v) is 3.36. The number of halogens is 1. The van der Waals surface area contributed by atoms with Gasteiger partial charge in [-0.25, -0.2) is 4.39 Å². The van der Waals surface area contributed by atoms with Crippen molar-refractivity contribution in [3.63, 3.8) is 0 Å². The molecule has 0 heterocycles. The highest BCUT2D eigenvalue weighted by Gasteiger charge is 2.08. The van der Waals surface area contributed by atoms with E-state index in [9.17, 15) is 4.39 Å². The van der Waals surface area contributed by atoms with Crippen molar-refractivity contribution in [3.8, 4) is 5.75 Å². The molecule has 0 bridgehead atoms. The summed E-state index contributed by atoms with van der Waals surface area (Å²) < 4.78 is 19.2. The van der Waals surface area contributed by atoms with Gasteiger partial charge in [-0.2, -0.15) is 0 Å². The Morgan fingerprint density at radius 1 is 1.00 bits per heavy atom. The lowest BCUT2D eigenvalue weighted by atomic mass is 10.1. The van der Waals surface area contributed by atoms with Crippen LogP contribution in [0, 0.1) is 26.6 Å².